The number of sulfonamides is 1. The SMILES string of the molecule is Cc1ccc(Nc2ccc(Cl)c(S(=O)(=O)NC(=O)NC(C)C)c2)nc1. The maximum atomic E-state index is 12.4. The summed E-state index contributed by atoms with van der Waals surface area (Å²) in [6.45, 7) is 5.36. The molecular formula is C16H19ClN4O3S. The van der Waals surface area contributed by atoms with E-state index >= 15 is 0 Å². The number of carbonyl (C=O) groups is 1. The highest BCUT2D eigenvalue weighted by Gasteiger charge is 2.21. The number of rotatable bonds is 5. The molecule has 9 heteroatoms. The molecule has 1 aromatic carbocycles. The van der Waals surface area contributed by atoms with Crippen molar-refractivity contribution in [1.82, 2.24) is 15.0 Å². The summed E-state index contributed by atoms with van der Waals surface area (Å²) in [5.41, 5.74) is 1.48. The molecule has 2 amide bonds. The van der Waals surface area contributed by atoms with Crippen molar-refractivity contribution in [2.45, 2.75) is 31.7 Å². The van der Waals surface area contributed by atoms with Crippen molar-refractivity contribution in [3.63, 3.8) is 0 Å². The molecule has 1 aromatic heterocycles. The lowest BCUT2D eigenvalue weighted by Crippen LogP contribution is -2.42. The molecule has 134 valence electrons. The molecule has 25 heavy (non-hydrogen) atoms. The number of aryl methyl sites for hydroxylation is 1. The quantitative estimate of drug-likeness (QED) is 0.737. The molecule has 0 radical (unpaired) electrons. The largest absolute Gasteiger partial charge is 0.340 e. The van der Waals surface area contributed by atoms with Gasteiger partial charge in [0.1, 0.15) is 10.7 Å². The van der Waals surface area contributed by atoms with Crippen molar-refractivity contribution in [3.05, 3.63) is 47.1 Å². The molecule has 0 saturated carbocycles. The van der Waals surface area contributed by atoms with Crippen molar-refractivity contribution in [1.29, 1.82) is 0 Å². The highest BCUT2D eigenvalue weighted by atomic mass is 35.5. The first-order valence-electron chi connectivity index (χ1n) is 7.50. The highest BCUT2D eigenvalue weighted by Crippen LogP contribution is 2.26. The Morgan fingerprint density at radius 2 is 1.92 bits per heavy atom. The third kappa shape index (κ3) is 5.33. The summed E-state index contributed by atoms with van der Waals surface area (Å²) in [6.07, 6.45) is 1.69. The van der Waals surface area contributed by atoms with Crippen molar-refractivity contribution >= 4 is 39.2 Å². The van der Waals surface area contributed by atoms with Gasteiger partial charge < -0.3 is 10.6 Å². The summed E-state index contributed by atoms with van der Waals surface area (Å²) in [5, 5.41) is 5.45. The first kappa shape index (κ1) is 19.0. The van der Waals surface area contributed by atoms with Crippen LogP contribution in [0.5, 0.6) is 0 Å². The molecule has 2 aromatic rings. The van der Waals surface area contributed by atoms with Gasteiger partial charge in [0, 0.05) is 17.9 Å². The molecule has 0 atom stereocenters. The minimum absolute atomic E-state index is 0.00672. The summed E-state index contributed by atoms with van der Waals surface area (Å²) in [4.78, 5) is 15.7. The summed E-state index contributed by atoms with van der Waals surface area (Å²) in [5.74, 6) is 0.557. The van der Waals surface area contributed by atoms with Crippen LogP contribution in [0.25, 0.3) is 0 Å². The van der Waals surface area contributed by atoms with Crippen molar-refractivity contribution in [2.24, 2.45) is 0 Å². The number of pyridine rings is 1. The van der Waals surface area contributed by atoms with Crippen molar-refractivity contribution in [2.75, 3.05) is 5.32 Å². The second-order valence-corrected chi connectivity index (χ2v) is 7.78. The molecule has 0 aliphatic carbocycles. The van der Waals surface area contributed by atoms with E-state index in [9.17, 15) is 13.2 Å². The van der Waals surface area contributed by atoms with Gasteiger partial charge >= 0.3 is 6.03 Å². The predicted octanol–water partition coefficient (Wildman–Crippen LogP) is 3.18. The Morgan fingerprint density at radius 3 is 2.52 bits per heavy atom. The number of halogens is 1. The smallest absolute Gasteiger partial charge is 0.328 e. The number of hydrogen-bond acceptors (Lipinski definition) is 5. The Hall–Kier alpha value is -2.32. The van der Waals surface area contributed by atoms with Gasteiger partial charge in [-0.05, 0) is 50.6 Å². The Labute approximate surface area is 151 Å². The zero-order chi connectivity index (χ0) is 18.6. The first-order chi connectivity index (χ1) is 11.7. The van der Waals surface area contributed by atoms with Crippen LogP contribution in [0.2, 0.25) is 5.02 Å². The molecule has 1 heterocycles. The van der Waals surface area contributed by atoms with E-state index in [-0.39, 0.29) is 16.0 Å². The Bertz CT molecular complexity index is 867. The fourth-order valence-corrected chi connectivity index (χ4v) is 3.39. The molecule has 0 saturated heterocycles. The van der Waals surface area contributed by atoms with Crippen LogP contribution >= 0.6 is 11.6 Å². The Kier molecular flexibility index (Phi) is 5.86. The van der Waals surface area contributed by atoms with E-state index in [1.165, 1.54) is 12.1 Å². The van der Waals surface area contributed by atoms with Crippen LogP contribution < -0.4 is 15.4 Å². The number of anilines is 2. The predicted molar refractivity (Wildman–Crippen MR) is 97.7 cm³/mol. The van der Waals surface area contributed by atoms with Crippen LogP contribution in [0.1, 0.15) is 19.4 Å². The monoisotopic (exact) mass is 382 g/mol. The van der Waals surface area contributed by atoms with E-state index < -0.39 is 16.1 Å². The second-order valence-electron chi connectivity index (χ2n) is 5.72. The van der Waals surface area contributed by atoms with Gasteiger partial charge in [-0.3, -0.25) is 0 Å². The Morgan fingerprint density at radius 1 is 1.20 bits per heavy atom. The van der Waals surface area contributed by atoms with E-state index in [1.807, 2.05) is 17.7 Å². The number of benzene rings is 1. The van der Waals surface area contributed by atoms with Gasteiger partial charge in [0.05, 0.1) is 5.02 Å². The molecule has 0 bridgehead atoms. The van der Waals surface area contributed by atoms with E-state index in [0.717, 1.165) is 5.56 Å². The van der Waals surface area contributed by atoms with E-state index in [0.29, 0.717) is 11.5 Å². The van der Waals surface area contributed by atoms with Crippen LogP contribution in [0, 0.1) is 6.92 Å². The minimum atomic E-state index is -4.11. The average Bonchev–Trinajstić information content (AvgIpc) is 2.50. The van der Waals surface area contributed by atoms with E-state index in [4.69, 9.17) is 11.6 Å². The van der Waals surface area contributed by atoms with Gasteiger partial charge in [0.2, 0.25) is 0 Å². The molecular weight excluding hydrogens is 364 g/mol. The fraction of sp³-hybridized carbons (Fsp3) is 0.250. The number of aromatic nitrogens is 1. The van der Waals surface area contributed by atoms with Crippen LogP contribution in [0.4, 0.5) is 16.3 Å². The Balaban J connectivity index is 2.25. The number of urea groups is 1. The lowest BCUT2D eigenvalue weighted by molar-refractivity contribution is 0.243. The fourth-order valence-electron chi connectivity index (χ4n) is 1.95. The lowest BCUT2D eigenvalue weighted by Gasteiger charge is -2.13. The zero-order valence-electron chi connectivity index (χ0n) is 14.0. The molecule has 0 aliphatic heterocycles. The average molecular weight is 383 g/mol. The van der Waals surface area contributed by atoms with E-state index in [1.54, 1.807) is 32.2 Å². The molecule has 0 aliphatic rings. The van der Waals surface area contributed by atoms with Gasteiger partial charge in [-0.1, -0.05) is 17.7 Å². The summed E-state index contributed by atoms with van der Waals surface area (Å²) < 4.78 is 26.7. The van der Waals surface area contributed by atoms with Crippen molar-refractivity contribution in [3.8, 4) is 0 Å². The summed E-state index contributed by atoms with van der Waals surface area (Å²) in [7, 11) is -4.11. The van der Waals surface area contributed by atoms with Gasteiger partial charge in [0.25, 0.3) is 10.0 Å². The maximum absolute atomic E-state index is 12.4. The summed E-state index contributed by atoms with van der Waals surface area (Å²) in [6, 6.07) is 7.03. The van der Waals surface area contributed by atoms with E-state index in [2.05, 4.69) is 15.6 Å². The number of amides is 2. The molecule has 2 rings (SSSR count). The molecule has 3 N–H and O–H groups in total. The van der Waals surface area contributed by atoms with Gasteiger partial charge in [-0.15, -0.1) is 0 Å². The van der Waals surface area contributed by atoms with Gasteiger partial charge in [-0.25, -0.2) is 22.9 Å². The topological polar surface area (TPSA) is 100 Å². The lowest BCUT2D eigenvalue weighted by atomic mass is 10.3. The van der Waals surface area contributed by atoms with Crippen LogP contribution in [-0.4, -0.2) is 25.5 Å². The van der Waals surface area contributed by atoms with Gasteiger partial charge in [-0.2, -0.15) is 0 Å². The van der Waals surface area contributed by atoms with Crippen LogP contribution in [0.3, 0.4) is 0 Å². The molecule has 7 nitrogen and oxygen atoms in total. The molecule has 0 fully saturated rings. The van der Waals surface area contributed by atoms with Crippen LogP contribution in [-0.2, 0) is 10.0 Å². The molecule has 0 spiro atoms. The normalized spacial score (nSPS) is 11.2. The summed E-state index contributed by atoms with van der Waals surface area (Å²) >= 11 is 6.00. The number of hydrogen-bond donors (Lipinski definition) is 3. The minimum Gasteiger partial charge on any atom is -0.340 e. The standard InChI is InChI=1S/C16H19ClN4O3S/c1-10(2)19-16(22)21-25(23,24)14-8-12(5-6-13(14)17)20-15-7-4-11(3)9-18-15/h4-10H,1-3H3,(H,18,20)(H2,19,21,22). The number of carbonyl (C=O) groups excluding carboxylic acids is 1. The van der Waals surface area contributed by atoms with Crippen molar-refractivity contribution < 1.29 is 13.2 Å². The highest BCUT2D eigenvalue weighted by molar-refractivity contribution is 7.90. The second kappa shape index (κ2) is 7.71. The maximum Gasteiger partial charge on any atom is 0.328 e. The van der Waals surface area contributed by atoms with Gasteiger partial charge in [0.15, 0.2) is 0 Å². The third-order valence-corrected chi connectivity index (χ3v) is 4.86. The first-order valence-corrected chi connectivity index (χ1v) is 9.36. The van der Waals surface area contributed by atoms with Crippen LogP contribution in [0.15, 0.2) is 41.4 Å². The molecule has 0 unspecified atom stereocenters. The third-order valence-electron chi connectivity index (χ3n) is 3.05. The zero-order valence-corrected chi connectivity index (χ0v) is 15.6. The number of nitrogens with zero attached hydrogens (tertiary/aromatic N) is 1. The number of nitrogens with one attached hydrogen (secondary N) is 3.